The van der Waals surface area contributed by atoms with Crippen molar-refractivity contribution in [2.75, 3.05) is 48.2 Å². The summed E-state index contributed by atoms with van der Waals surface area (Å²) in [5, 5.41) is 0. The molecular formula is C44H55NO9. The van der Waals surface area contributed by atoms with Crippen LogP contribution in [0.25, 0.3) is 0 Å². The van der Waals surface area contributed by atoms with Gasteiger partial charge in [0.1, 0.15) is 24.5 Å². The first-order valence-electron chi connectivity index (χ1n) is 19.4. The summed E-state index contributed by atoms with van der Waals surface area (Å²) in [4.78, 5) is 31.3. The smallest absolute Gasteiger partial charge is 0.329 e. The molecule has 290 valence electrons. The fourth-order valence-corrected chi connectivity index (χ4v) is 8.16. The van der Waals surface area contributed by atoms with Crippen LogP contribution in [0.2, 0.25) is 0 Å². The number of cyclic esters (lactones) is 1. The fraction of sp³-hybridized carbons (Fsp3) is 0.500. The Hall–Kier alpha value is -4.86. The van der Waals surface area contributed by atoms with Gasteiger partial charge >= 0.3 is 5.97 Å². The third kappa shape index (κ3) is 9.25. The standard InChI is InChI=1S/C44H55NO9/c1-48-37-22-20-30(26-38(37)49-2)19-21-36-32-16-13-17-34(27-32)52-24-11-6-12-25-53-40-29-33(28-39(50-3)42(40)51-4)41(31-14-7-5-8-15-31)43(46)45-23-10-9-18-35(45)44(47)54-36/h6,11,13,16-17,20,22,26-29,31,35-36,41H,5,7-10,12,14-15,18-19,21,23-25H2,1-4H3/b11-6-/t35-,36+,41-/m0/s1. The second kappa shape index (κ2) is 18.9. The Kier molecular flexibility index (Phi) is 13.6. The Morgan fingerprint density at radius 3 is 2.31 bits per heavy atom. The molecule has 2 heterocycles. The van der Waals surface area contributed by atoms with Crippen molar-refractivity contribution < 1.29 is 42.7 Å². The number of aryl methyl sites for hydroxylation is 1. The second-order valence-corrected chi connectivity index (χ2v) is 14.3. The highest BCUT2D eigenvalue weighted by Crippen LogP contribution is 2.45. The summed E-state index contributed by atoms with van der Waals surface area (Å²) in [6.45, 7) is 1.26. The van der Waals surface area contributed by atoms with Crippen LogP contribution in [0.4, 0.5) is 0 Å². The maximum Gasteiger partial charge on any atom is 0.329 e. The van der Waals surface area contributed by atoms with E-state index in [1.54, 1.807) is 33.3 Å². The zero-order valence-electron chi connectivity index (χ0n) is 32.2. The third-order valence-electron chi connectivity index (χ3n) is 11.0. The minimum atomic E-state index is -0.702. The third-order valence-corrected chi connectivity index (χ3v) is 11.0. The highest BCUT2D eigenvalue weighted by molar-refractivity contribution is 5.89. The molecule has 3 atom stereocenters. The van der Waals surface area contributed by atoms with Crippen LogP contribution in [0.15, 0.2) is 66.7 Å². The van der Waals surface area contributed by atoms with Gasteiger partial charge in [0.25, 0.3) is 0 Å². The topological polar surface area (TPSA) is 102 Å². The Balaban J connectivity index is 1.37. The number of hydrogen-bond donors (Lipinski definition) is 0. The van der Waals surface area contributed by atoms with E-state index in [-0.39, 0.29) is 17.8 Å². The van der Waals surface area contributed by atoms with Gasteiger partial charge in [-0.05, 0) is 110 Å². The van der Waals surface area contributed by atoms with Gasteiger partial charge in [-0.2, -0.15) is 0 Å². The molecule has 0 radical (unpaired) electrons. The molecule has 1 amide bonds. The Morgan fingerprint density at radius 1 is 0.741 bits per heavy atom. The molecule has 0 unspecified atom stereocenters. The first-order valence-corrected chi connectivity index (χ1v) is 19.4. The number of carbonyl (C=O) groups excluding carboxylic acids is 2. The molecule has 1 saturated carbocycles. The van der Waals surface area contributed by atoms with Gasteiger partial charge in [-0.25, -0.2) is 4.79 Å². The van der Waals surface area contributed by atoms with Crippen LogP contribution >= 0.6 is 0 Å². The molecule has 10 nitrogen and oxygen atoms in total. The number of methoxy groups -OCH3 is 4. The van der Waals surface area contributed by atoms with Crippen molar-refractivity contribution in [3.05, 3.63) is 83.4 Å². The molecule has 6 rings (SSSR count). The van der Waals surface area contributed by atoms with E-state index in [2.05, 4.69) is 0 Å². The first-order chi connectivity index (χ1) is 26.4. The molecule has 2 aliphatic heterocycles. The maximum absolute atomic E-state index is 15.1. The van der Waals surface area contributed by atoms with Crippen LogP contribution in [0, 0.1) is 5.92 Å². The van der Waals surface area contributed by atoms with Crippen LogP contribution in [0.3, 0.4) is 0 Å². The Morgan fingerprint density at radius 2 is 1.54 bits per heavy atom. The lowest BCUT2D eigenvalue weighted by molar-refractivity contribution is -0.163. The molecule has 4 bridgehead atoms. The summed E-state index contributed by atoms with van der Waals surface area (Å²) < 4.78 is 41.5. The van der Waals surface area contributed by atoms with Crippen LogP contribution in [0.1, 0.15) is 92.9 Å². The zero-order valence-corrected chi connectivity index (χ0v) is 32.2. The van der Waals surface area contributed by atoms with E-state index >= 15 is 4.79 Å². The van der Waals surface area contributed by atoms with Crippen molar-refractivity contribution in [1.82, 2.24) is 4.90 Å². The summed E-state index contributed by atoms with van der Waals surface area (Å²) >= 11 is 0. The molecule has 2 fully saturated rings. The Bertz CT molecular complexity index is 1750. The predicted octanol–water partition coefficient (Wildman–Crippen LogP) is 8.40. The molecule has 0 N–H and O–H groups in total. The summed E-state index contributed by atoms with van der Waals surface area (Å²) in [6, 6.07) is 16.7. The van der Waals surface area contributed by atoms with Gasteiger partial charge in [-0.3, -0.25) is 4.79 Å². The van der Waals surface area contributed by atoms with Crippen molar-refractivity contribution >= 4 is 11.9 Å². The SMILES string of the molecule is COc1ccc(CC[C@H]2OC(=O)[C@@H]3CCCCN3C(=O)[C@@H](C3CCCCC3)c3cc(OC)c(OC)c(c3)OCC/C=C\COc3cccc2c3)cc1OC. The lowest BCUT2D eigenvalue weighted by atomic mass is 9.75. The van der Waals surface area contributed by atoms with Gasteiger partial charge in [-0.15, -0.1) is 0 Å². The number of esters is 1. The number of nitrogens with zero attached hydrogens (tertiary/aromatic N) is 1. The molecular weight excluding hydrogens is 686 g/mol. The van der Waals surface area contributed by atoms with E-state index in [4.69, 9.17) is 33.2 Å². The van der Waals surface area contributed by atoms with Gasteiger partial charge in [0, 0.05) is 6.54 Å². The van der Waals surface area contributed by atoms with Crippen molar-refractivity contribution in [2.24, 2.45) is 5.92 Å². The van der Waals surface area contributed by atoms with E-state index in [1.807, 2.05) is 66.7 Å². The highest BCUT2D eigenvalue weighted by atomic mass is 16.5. The molecule has 1 saturated heterocycles. The second-order valence-electron chi connectivity index (χ2n) is 14.3. The van der Waals surface area contributed by atoms with Gasteiger partial charge in [0.05, 0.1) is 41.0 Å². The normalized spacial score (nSPS) is 22.1. The lowest BCUT2D eigenvalue weighted by Gasteiger charge is -2.40. The lowest BCUT2D eigenvalue weighted by Crippen LogP contribution is -2.51. The van der Waals surface area contributed by atoms with E-state index in [9.17, 15) is 4.79 Å². The van der Waals surface area contributed by atoms with Gasteiger partial charge in [0.15, 0.2) is 23.0 Å². The molecule has 3 aromatic carbocycles. The van der Waals surface area contributed by atoms with E-state index in [0.717, 1.165) is 61.6 Å². The molecule has 54 heavy (non-hydrogen) atoms. The van der Waals surface area contributed by atoms with E-state index in [1.165, 1.54) is 0 Å². The van der Waals surface area contributed by atoms with Crippen LogP contribution in [0.5, 0.6) is 34.5 Å². The number of benzene rings is 3. The summed E-state index contributed by atoms with van der Waals surface area (Å²) in [5.41, 5.74) is 2.68. The van der Waals surface area contributed by atoms with Gasteiger partial charge < -0.3 is 38.1 Å². The number of hydrogen-bond acceptors (Lipinski definition) is 9. The maximum atomic E-state index is 15.1. The van der Waals surface area contributed by atoms with Gasteiger partial charge in [-0.1, -0.05) is 49.6 Å². The minimum absolute atomic E-state index is 0.0451. The number of amides is 1. The molecule has 0 spiro atoms. The van der Waals surface area contributed by atoms with Crippen LogP contribution in [-0.2, 0) is 20.7 Å². The molecule has 1 aliphatic carbocycles. The predicted molar refractivity (Wildman–Crippen MR) is 206 cm³/mol. The summed E-state index contributed by atoms with van der Waals surface area (Å²) in [6.07, 6.45) is 12.5. The summed E-state index contributed by atoms with van der Waals surface area (Å²) in [7, 11) is 6.43. The highest BCUT2D eigenvalue weighted by Gasteiger charge is 2.41. The quantitative estimate of drug-likeness (QED) is 0.166. The Labute approximate surface area is 319 Å². The number of piperidine rings is 1. The van der Waals surface area contributed by atoms with E-state index < -0.39 is 18.1 Å². The van der Waals surface area contributed by atoms with Crippen molar-refractivity contribution in [1.29, 1.82) is 0 Å². The van der Waals surface area contributed by atoms with E-state index in [0.29, 0.717) is 79.9 Å². The van der Waals surface area contributed by atoms with Crippen molar-refractivity contribution in [2.45, 2.75) is 88.7 Å². The molecule has 3 aliphatic rings. The fourth-order valence-electron chi connectivity index (χ4n) is 8.16. The largest absolute Gasteiger partial charge is 0.493 e. The summed E-state index contributed by atoms with van der Waals surface area (Å²) in [5.74, 6) is 2.72. The molecule has 3 aromatic rings. The van der Waals surface area contributed by atoms with Crippen LogP contribution < -0.4 is 28.4 Å². The van der Waals surface area contributed by atoms with Gasteiger partial charge in [0.2, 0.25) is 11.7 Å². The number of rotatable bonds is 8. The average molecular weight is 742 g/mol. The minimum Gasteiger partial charge on any atom is -0.493 e. The van der Waals surface area contributed by atoms with Crippen LogP contribution in [-0.4, -0.2) is 71.0 Å². The van der Waals surface area contributed by atoms with Crippen molar-refractivity contribution in [3.63, 3.8) is 0 Å². The zero-order chi connectivity index (χ0) is 37.9. The number of fused-ring (bicyclic) bond motifs is 5. The first kappa shape index (κ1) is 38.9. The average Bonchev–Trinajstić information content (AvgIpc) is 3.21. The number of ether oxygens (including phenoxy) is 7. The number of carbonyl (C=O) groups is 2. The molecule has 0 aromatic heterocycles. The molecule has 10 heteroatoms. The van der Waals surface area contributed by atoms with Crippen molar-refractivity contribution in [3.8, 4) is 34.5 Å². The monoisotopic (exact) mass is 741 g/mol.